The molecule has 2 aromatic rings. The maximum atomic E-state index is 2.62. The van der Waals surface area contributed by atoms with Gasteiger partial charge in [-0.05, 0) is 177 Å². The van der Waals surface area contributed by atoms with E-state index in [0.29, 0.717) is 23.7 Å². The Bertz CT molecular complexity index is 2570. The molecule has 0 aromatic heterocycles. The molecule has 10 aliphatic rings. The first-order chi connectivity index (χ1) is 27.7. The molecule has 0 heteroatoms. The van der Waals surface area contributed by atoms with Crippen LogP contribution < -0.4 is 0 Å². The summed E-state index contributed by atoms with van der Waals surface area (Å²) in [6.45, 7) is 0. The van der Waals surface area contributed by atoms with Crippen LogP contribution in [0, 0.1) is 11.8 Å². The van der Waals surface area contributed by atoms with Gasteiger partial charge in [0, 0.05) is 23.7 Å². The van der Waals surface area contributed by atoms with Gasteiger partial charge in [0.05, 0.1) is 0 Å². The predicted molar refractivity (Wildman–Crippen MR) is 235 cm³/mol. The summed E-state index contributed by atoms with van der Waals surface area (Å²) in [6.07, 6.45) is 51.5. The first-order valence-corrected chi connectivity index (χ1v) is 21.8. The number of allylic oxidation sites excluding steroid dienone is 26. The lowest BCUT2D eigenvalue weighted by Crippen LogP contribution is -2.24. The van der Waals surface area contributed by atoms with E-state index in [1.165, 1.54) is 97.6 Å². The Balaban J connectivity index is 0.775. The molecule has 4 unspecified atom stereocenters. The summed E-state index contributed by atoms with van der Waals surface area (Å²) in [4.78, 5) is 0. The third-order valence-electron chi connectivity index (χ3n) is 15.0. The van der Waals surface area contributed by atoms with Crippen molar-refractivity contribution in [1.29, 1.82) is 0 Å². The van der Waals surface area contributed by atoms with Crippen molar-refractivity contribution in [1.82, 2.24) is 0 Å². The SMILES string of the molecule is C1=CC2=C(C=CC3C4=C(C=CC23)CCC(C2=CC3=C(C=C(C5=CC6=C(C=C(c7ccc8c(c7)C7C=Cc9ccccc9C7C=C8)CC6)CC5)CC3)CC2)=C4)CC1. The van der Waals surface area contributed by atoms with Crippen LogP contribution in [0.5, 0.6) is 0 Å². The molecule has 0 N–H and O–H groups in total. The highest BCUT2D eigenvalue weighted by Crippen LogP contribution is 2.50. The molecule has 0 bridgehead atoms. The molecule has 0 spiro atoms. The summed E-state index contributed by atoms with van der Waals surface area (Å²) in [7, 11) is 0. The fraction of sp³-hybridized carbons (Fsp3) is 0.286. The van der Waals surface area contributed by atoms with E-state index in [9.17, 15) is 0 Å². The molecule has 2 aromatic carbocycles. The van der Waals surface area contributed by atoms with E-state index in [0.717, 1.165) is 12.8 Å². The largest absolute Gasteiger partial charge is 0.0839 e. The van der Waals surface area contributed by atoms with E-state index in [-0.39, 0.29) is 0 Å². The second-order valence-corrected chi connectivity index (χ2v) is 17.9. The summed E-state index contributed by atoms with van der Waals surface area (Å²) in [5, 5.41) is 0. The van der Waals surface area contributed by atoms with Crippen LogP contribution in [-0.4, -0.2) is 0 Å². The molecular formula is C56H50. The molecule has 274 valence electrons. The lowest BCUT2D eigenvalue weighted by Gasteiger charge is -2.37. The molecule has 0 nitrogen and oxygen atoms in total. The van der Waals surface area contributed by atoms with Crippen molar-refractivity contribution in [3.8, 4) is 0 Å². The monoisotopic (exact) mass is 722 g/mol. The van der Waals surface area contributed by atoms with Gasteiger partial charge in [-0.15, -0.1) is 0 Å². The fourth-order valence-corrected chi connectivity index (χ4v) is 11.9. The molecule has 0 saturated heterocycles. The van der Waals surface area contributed by atoms with Crippen LogP contribution in [0.2, 0.25) is 0 Å². The van der Waals surface area contributed by atoms with E-state index in [1.54, 1.807) is 66.9 Å². The van der Waals surface area contributed by atoms with Crippen molar-refractivity contribution in [2.24, 2.45) is 11.8 Å². The summed E-state index contributed by atoms with van der Waals surface area (Å²) < 4.78 is 0. The highest BCUT2D eigenvalue weighted by Gasteiger charge is 2.34. The molecule has 0 radical (unpaired) electrons. The van der Waals surface area contributed by atoms with Gasteiger partial charge < -0.3 is 0 Å². The van der Waals surface area contributed by atoms with Crippen LogP contribution in [0.3, 0.4) is 0 Å². The van der Waals surface area contributed by atoms with Gasteiger partial charge in [-0.3, -0.25) is 0 Å². The van der Waals surface area contributed by atoms with Crippen molar-refractivity contribution >= 4 is 17.7 Å². The average Bonchev–Trinajstić information content (AvgIpc) is 3.27. The van der Waals surface area contributed by atoms with Crippen molar-refractivity contribution in [3.63, 3.8) is 0 Å². The second-order valence-electron chi connectivity index (χ2n) is 17.9. The van der Waals surface area contributed by atoms with Gasteiger partial charge in [0.15, 0.2) is 0 Å². The van der Waals surface area contributed by atoms with E-state index in [2.05, 4.69) is 134 Å². The van der Waals surface area contributed by atoms with Gasteiger partial charge in [-0.2, -0.15) is 0 Å². The normalized spacial score (nSPS) is 28.1. The average molecular weight is 723 g/mol. The van der Waals surface area contributed by atoms with Gasteiger partial charge in [0.25, 0.3) is 0 Å². The van der Waals surface area contributed by atoms with E-state index < -0.39 is 0 Å². The predicted octanol–water partition coefficient (Wildman–Crippen LogP) is 14.6. The summed E-state index contributed by atoms with van der Waals surface area (Å²) in [6, 6.07) is 16.2. The molecule has 10 aliphatic carbocycles. The number of rotatable bonds is 3. The number of hydrogen-bond donors (Lipinski definition) is 0. The minimum absolute atomic E-state index is 0.419. The molecule has 0 heterocycles. The minimum atomic E-state index is 0.419. The Labute approximate surface area is 333 Å². The van der Waals surface area contributed by atoms with Crippen molar-refractivity contribution < 1.29 is 0 Å². The Morgan fingerprint density at radius 3 is 1.57 bits per heavy atom. The lowest BCUT2D eigenvalue weighted by atomic mass is 9.67. The lowest BCUT2D eigenvalue weighted by molar-refractivity contribution is 0.585. The maximum Gasteiger partial charge on any atom is 0.0131 e. The standard InChI is InChI=1S/C56H50/c1-3-7-49-35(5-1)21-27-53-51(49)25-23-37-9-11-47(33-55(37)53)45-19-17-41-29-39(13-15-43(41)31-45)40-14-16-44-32-46(20-18-42(44)30-40)48-12-10-38-24-26-52-50-8-4-2-6-36(50)22-28-54(52)56(38)34-48/h1,3-5,7-9,11,21-34,51-54H,2,6,10,12-20H2. The summed E-state index contributed by atoms with van der Waals surface area (Å²) in [5.41, 5.74) is 27.8. The highest BCUT2D eigenvalue weighted by molar-refractivity contribution is 5.76. The Morgan fingerprint density at radius 2 is 0.875 bits per heavy atom. The Hall–Kier alpha value is -5.20. The molecule has 4 atom stereocenters. The van der Waals surface area contributed by atoms with Crippen LogP contribution in [0.1, 0.15) is 117 Å². The smallest absolute Gasteiger partial charge is 0.0131 e. The number of benzene rings is 2. The molecule has 0 aliphatic heterocycles. The highest BCUT2D eigenvalue weighted by atomic mass is 14.4. The molecule has 0 fully saturated rings. The molecule has 0 amide bonds. The quantitative estimate of drug-likeness (QED) is 0.296. The van der Waals surface area contributed by atoms with Gasteiger partial charge in [-0.1, -0.05) is 134 Å². The molecule has 0 saturated carbocycles. The summed E-state index contributed by atoms with van der Waals surface area (Å²) in [5.74, 6) is 1.86. The summed E-state index contributed by atoms with van der Waals surface area (Å²) >= 11 is 0. The maximum absolute atomic E-state index is 2.62. The van der Waals surface area contributed by atoms with Crippen LogP contribution in [-0.2, 0) is 0 Å². The van der Waals surface area contributed by atoms with Gasteiger partial charge in [0.2, 0.25) is 0 Å². The van der Waals surface area contributed by atoms with Crippen LogP contribution >= 0.6 is 0 Å². The van der Waals surface area contributed by atoms with Crippen LogP contribution in [0.4, 0.5) is 0 Å². The topological polar surface area (TPSA) is 0 Å². The Morgan fingerprint density at radius 1 is 0.357 bits per heavy atom. The molecule has 12 rings (SSSR count). The van der Waals surface area contributed by atoms with Gasteiger partial charge in [-0.25, -0.2) is 0 Å². The fourth-order valence-electron chi connectivity index (χ4n) is 11.9. The number of fused-ring (bicyclic) bond motifs is 8. The zero-order valence-electron chi connectivity index (χ0n) is 32.5. The van der Waals surface area contributed by atoms with Crippen molar-refractivity contribution in [2.45, 2.75) is 88.9 Å². The van der Waals surface area contributed by atoms with E-state index in [1.807, 2.05) is 0 Å². The zero-order chi connectivity index (χ0) is 36.7. The van der Waals surface area contributed by atoms with E-state index in [4.69, 9.17) is 0 Å². The number of hydrogen-bond acceptors (Lipinski definition) is 0. The van der Waals surface area contributed by atoms with Crippen LogP contribution in [0.25, 0.3) is 17.7 Å². The van der Waals surface area contributed by atoms with Crippen molar-refractivity contribution in [3.05, 3.63) is 216 Å². The molecular weight excluding hydrogens is 673 g/mol. The second kappa shape index (κ2) is 13.2. The molecule has 56 heavy (non-hydrogen) atoms. The Kier molecular flexibility index (Phi) is 7.77. The minimum Gasteiger partial charge on any atom is -0.0839 e. The first-order valence-electron chi connectivity index (χ1n) is 21.8. The van der Waals surface area contributed by atoms with Gasteiger partial charge in [0.1, 0.15) is 0 Å². The first kappa shape index (κ1) is 33.0. The van der Waals surface area contributed by atoms with Crippen molar-refractivity contribution in [2.75, 3.05) is 0 Å². The van der Waals surface area contributed by atoms with Gasteiger partial charge >= 0.3 is 0 Å². The zero-order valence-corrected chi connectivity index (χ0v) is 32.5. The third-order valence-corrected chi connectivity index (χ3v) is 15.0. The third kappa shape index (κ3) is 5.47. The van der Waals surface area contributed by atoms with E-state index >= 15 is 0 Å². The van der Waals surface area contributed by atoms with Crippen LogP contribution in [0.15, 0.2) is 188 Å².